The summed E-state index contributed by atoms with van der Waals surface area (Å²) in [7, 11) is 0. The normalized spacial score (nSPS) is 14.4. The van der Waals surface area contributed by atoms with Crippen molar-refractivity contribution in [3.05, 3.63) is 253 Å². The molecule has 0 amide bonds. The molecule has 11 aromatic carbocycles. The molecule has 0 saturated carbocycles. The van der Waals surface area contributed by atoms with E-state index in [1.807, 2.05) is 0 Å². The Bertz CT molecular complexity index is 3710. The van der Waals surface area contributed by atoms with Gasteiger partial charge in [0.1, 0.15) is 0 Å². The van der Waals surface area contributed by atoms with Crippen molar-refractivity contribution in [1.29, 1.82) is 0 Å². The van der Waals surface area contributed by atoms with Gasteiger partial charge in [-0.3, -0.25) is 0 Å². The summed E-state index contributed by atoms with van der Waals surface area (Å²) in [6, 6.07) is 86.0. The highest BCUT2D eigenvalue weighted by Gasteiger charge is 2.38. The van der Waals surface area contributed by atoms with Crippen LogP contribution in [0.3, 0.4) is 0 Å². The number of hydrogen-bond acceptors (Lipinski definition) is 2. The highest BCUT2D eigenvalue weighted by molar-refractivity contribution is 6.23. The zero-order valence-electron chi connectivity index (χ0n) is 38.8. The van der Waals surface area contributed by atoms with E-state index in [9.17, 15) is 0 Å². The van der Waals surface area contributed by atoms with Crippen LogP contribution in [0.25, 0.3) is 65.7 Å². The van der Waals surface area contributed by atoms with E-state index in [2.05, 4.69) is 268 Å². The summed E-state index contributed by atoms with van der Waals surface area (Å²) in [5, 5.41) is 7.32. The minimum atomic E-state index is -0.156. The summed E-state index contributed by atoms with van der Waals surface area (Å²) in [6.45, 7) is 9.43. The van der Waals surface area contributed by atoms with Gasteiger partial charge in [-0.25, -0.2) is 0 Å². The molecule has 11 aromatic rings. The Kier molecular flexibility index (Phi) is 8.95. The first-order chi connectivity index (χ1) is 33.3. The minimum absolute atomic E-state index is 0.153. The molecule has 0 fully saturated rings. The van der Waals surface area contributed by atoms with E-state index in [0.29, 0.717) is 0 Å². The molecule has 0 spiro atoms. The number of fused-ring (bicyclic) bond motifs is 7. The maximum absolute atomic E-state index is 2.49. The fourth-order valence-corrected chi connectivity index (χ4v) is 11.8. The molecular weight excluding hydrogens is 821 g/mol. The third kappa shape index (κ3) is 6.03. The Hall–Kier alpha value is -8.20. The van der Waals surface area contributed by atoms with Crippen LogP contribution < -0.4 is 9.80 Å². The van der Waals surface area contributed by atoms with E-state index < -0.39 is 0 Å². The molecule has 0 aliphatic carbocycles. The van der Waals surface area contributed by atoms with E-state index >= 15 is 0 Å². The Morgan fingerprint density at radius 2 is 0.618 bits per heavy atom. The fourth-order valence-electron chi connectivity index (χ4n) is 11.8. The fraction of sp³-hybridized carbons (Fsp3) is 0.0909. The summed E-state index contributed by atoms with van der Waals surface area (Å²) in [5.74, 6) is 0. The SMILES string of the molecule is CC1(C)c2ccccc2N(c2ccc3c(-c4ccc5cc(-c6ccccc6)ccc5c4)c4cc(N5c6ccccc6C(C)(C)c6ccccc65)ccc4c(-c4ccccc4)c3c2)c2ccccc21. The van der Waals surface area contributed by atoms with Crippen LogP contribution in [-0.4, -0.2) is 0 Å². The van der Waals surface area contributed by atoms with Crippen molar-refractivity contribution in [1.82, 2.24) is 0 Å². The number of anilines is 6. The van der Waals surface area contributed by atoms with E-state index in [1.165, 1.54) is 111 Å². The quantitative estimate of drug-likeness (QED) is 0.159. The highest BCUT2D eigenvalue weighted by Crippen LogP contribution is 2.55. The van der Waals surface area contributed by atoms with Gasteiger partial charge in [0.05, 0.1) is 22.7 Å². The molecule has 2 aliphatic rings. The lowest BCUT2D eigenvalue weighted by Gasteiger charge is -2.42. The first-order valence-corrected chi connectivity index (χ1v) is 23.9. The van der Waals surface area contributed by atoms with Gasteiger partial charge in [-0.05, 0) is 149 Å². The number of rotatable bonds is 5. The smallest absolute Gasteiger partial charge is 0.0502 e. The minimum Gasteiger partial charge on any atom is -0.310 e. The molecular formula is C66H50N2. The predicted octanol–water partition coefficient (Wildman–Crippen LogP) is 18.4. The second-order valence-corrected chi connectivity index (χ2v) is 19.7. The van der Waals surface area contributed by atoms with E-state index in [0.717, 1.165) is 11.4 Å². The van der Waals surface area contributed by atoms with Crippen molar-refractivity contribution in [2.24, 2.45) is 0 Å². The first kappa shape index (κ1) is 40.1. The van der Waals surface area contributed by atoms with Crippen molar-refractivity contribution >= 4 is 66.4 Å². The predicted molar refractivity (Wildman–Crippen MR) is 289 cm³/mol. The van der Waals surface area contributed by atoms with Crippen molar-refractivity contribution in [3.8, 4) is 33.4 Å². The molecule has 0 unspecified atom stereocenters. The molecule has 13 rings (SSSR count). The van der Waals surface area contributed by atoms with Crippen LogP contribution in [0.2, 0.25) is 0 Å². The zero-order valence-corrected chi connectivity index (χ0v) is 38.8. The lowest BCUT2D eigenvalue weighted by Crippen LogP contribution is -2.30. The van der Waals surface area contributed by atoms with Gasteiger partial charge in [0, 0.05) is 22.2 Å². The zero-order chi connectivity index (χ0) is 45.7. The molecule has 2 heteroatoms. The van der Waals surface area contributed by atoms with Crippen LogP contribution in [0.4, 0.5) is 34.1 Å². The molecule has 2 nitrogen and oxygen atoms in total. The largest absolute Gasteiger partial charge is 0.310 e. The van der Waals surface area contributed by atoms with Crippen molar-refractivity contribution in [2.45, 2.75) is 38.5 Å². The highest BCUT2D eigenvalue weighted by atomic mass is 15.2. The average molecular weight is 871 g/mol. The van der Waals surface area contributed by atoms with E-state index in [1.54, 1.807) is 0 Å². The molecule has 0 saturated heterocycles. The van der Waals surface area contributed by atoms with Gasteiger partial charge in [0.25, 0.3) is 0 Å². The topological polar surface area (TPSA) is 6.48 Å². The van der Waals surface area contributed by atoms with Gasteiger partial charge >= 0.3 is 0 Å². The van der Waals surface area contributed by atoms with Gasteiger partial charge in [0.2, 0.25) is 0 Å². The third-order valence-corrected chi connectivity index (χ3v) is 15.2. The van der Waals surface area contributed by atoms with Crippen LogP contribution in [0, 0.1) is 0 Å². The lowest BCUT2D eigenvalue weighted by molar-refractivity contribution is 0.632. The monoisotopic (exact) mass is 870 g/mol. The van der Waals surface area contributed by atoms with Crippen molar-refractivity contribution in [3.63, 3.8) is 0 Å². The molecule has 0 atom stereocenters. The van der Waals surface area contributed by atoms with Crippen LogP contribution in [-0.2, 0) is 10.8 Å². The number of benzene rings is 11. The van der Waals surface area contributed by atoms with Crippen LogP contribution >= 0.6 is 0 Å². The van der Waals surface area contributed by atoms with Gasteiger partial charge < -0.3 is 9.80 Å². The maximum Gasteiger partial charge on any atom is 0.0502 e. The van der Waals surface area contributed by atoms with Gasteiger partial charge in [-0.1, -0.05) is 198 Å². The van der Waals surface area contributed by atoms with Gasteiger partial charge in [0.15, 0.2) is 0 Å². The second kappa shape index (κ2) is 15.2. The number of para-hydroxylation sites is 4. The second-order valence-electron chi connectivity index (χ2n) is 19.7. The molecule has 0 N–H and O–H groups in total. The van der Waals surface area contributed by atoms with Gasteiger partial charge in [-0.15, -0.1) is 0 Å². The molecule has 68 heavy (non-hydrogen) atoms. The molecule has 0 bridgehead atoms. The number of nitrogens with zero attached hydrogens (tertiary/aromatic N) is 2. The van der Waals surface area contributed by atoms with Gasteiger partial charge in [-0.2, -0.15) is 0 Å². The summed E-state index contributed by atoms with van der Waals surface area (Å²) in [4.78, 5) is 4.98. The van der Waals surface area contributed by atoms with E-state index in [4.69, 9.17) is 0 Å². The summed E-state index contributed by atoms with van der Waals surface area (Å²) >= 11 is 0. The number of hydrogen-bond donors (Lipinski definition) is 0. The average Bonchev–Trinajstić information content (AvgIpc) is 3.38. The lowest BCUT2D eigenvalue weighted by atomic mass is 9.73. The molecule has 0 radical (unpaired) electrons. The standard InChI is InChI=1S/C66H50N2/c1-65(2)55-23-11-15-27-59(55)67(60-28-16-12-24-56(60)65)49-36-38-52-53(41-49)63(44-21-9-6-10-22-44)51-37-35-50(68-61-29-17-13-25-57(61)66(3,4)58-26-14-18-30-62(58)68)42-54(51)64(52)48-34-33-46-39-45(31-32-47(46)40-48)43-19-7-5-8-20-43/h5-42H,1-4H3. The summed E-state index contributed by atoms with van der Waals surface area (Å²) in [6.07, 6.45) is 0. The van der Waals surface area contributed by atoms with Crippen molar-refractivity contribution in [2.75, 3.05) is 9.80 Å². The maximum atomic E-state index is 2.49. The third-order valence-electron chi connectivity index (χ3n) is 15.2. The van der Waals surface area contributed by atoms with Crippen LogP contribution in [0.5, 0.6) is 0 Å². The molecule has 2 heterocycles. The Morgan fingerprint density at radius 1 is 0.265 bits per heavy atom. The first-order valence-electron chi connectivity index (χ1n) is 23.9. The Balaban J connectivity index is 1.11. The van der Waals surface area contributed by atoms with E-state index in [-0.39, 0.29) is 10.8 Å². The van der Waals surface area contributed by atoms with Crippen molar-refractivity contribution < 1.29 is 0 Å². The summed E-state index contributed by atoms with van der Waals surface area (Å²) in [5.41, 5.74) is 19.5. The van der Waals surface area contributed by atoms with Crippen LogP contribution in [0.1, 0.15) is 49.9 Å². The summed E-state index contributed by atoms with van der Waals surface area (Å²) < 4.78 is 0. The molecule has 2 aliphatic heterocycles. The Morgan fingerprint density at radius 3 is 1.06 bits per heavy atom. The molecule has 0 aromatic heterocycles. The van der Waals surface area contributed by atoms with Crippen LogP contribution in [0.15, 0.2) is 231 Å². The Labute approximate surface area is 399 Å². The molecule has 324 valence electrons.